The molecule has 212 valence electrons. The monoisotopic (exact) mass is 575 g/mol. The summed E-state index contributed by atoms with van der Waals surface area (Å²) < 4.78 is 18.2. The van der Waals surface area contributed by atoms with Gasteiger partial charge in [-0.3, -0.25) is 9.59 Å². The fourth-order valence-electron chi connectivity index (χ4n) is 5.81. The third-order valence-corrected chi connectivity index (χ3v) is 9.44. The number of benzene rings is 1. The van der Waals surface area contributed by atoms with E-state index in [0.717, 1.165) is 56.0 Å². The number of aromatic nitrogens is 1. The Kier molecular flexibility index (Phi) is 7.99. The highest BCUT2D eigenvalue weighted by Crippen LogP contribution is 2.51. The molecule has 3 N–H and O–H groups in total. The molecule has 1 aromatic heterocycles. The largest absolute Gasteiger partial charge is 0.448 e. The third-order valence-electron chi connectivity index (χ3n) is 8.36. The van der Waals surface area contributed by atoms with Crippen LogP contribution in [0.2, 0.25) is 5.02 Å². The second kappa shape index (κ2) is 11.0. The molecule has 10 heteroatoms. The number of ether oxygens (including phenoxy) is 3. The Morgan fingerprint density at radius 1 is 1.13 bits per heavy atom. The number of aromatic amines is 1. The lowest BCUT2D eigenvalue weighted by atomic mass is 9.80. The van der Waals surface area contributed by atoms with E-state index in [0.29, 0.717) is 39.3 Å². The molecule has 1 aromatic carbocycles. The molecule has 1 aliphatic carbocycles. The number of hydrogen-bond acceptors (Lipinski definition) is 7. The van der Waals surface area contributed by atoms with Gasteiger partial charge in [-0.25, -0.2) is 0 Å². The zero-order valence-corrected chi connectivity index (χ0v) is 24.9. The minimum absolute atomic E-state index is 0.108. The van der Waals surface area contributed by atoms with Crippen LogP contribution < -0.4 is 25.7 Å². The fourth-order valence-corrected chi connectivity index (χ4v) is 6.75. The maximum Gasteiger partial charge on any atom is 0.254 e. The molecule has 39 heavy (non-hydrogen) atoms. The number of amides is 1. The highest BCUT2D eigenvalue weighted by molar-refractivity contribution is 7.98. The number of thioether (sulfide) groups is 1. The number of fused-ring (bicyclic) bond motifs is 1. The van der Waals surface area contributed by atoms with Crippen molar-refractivity contribution in [2.45, 2.75) is 76.6 Å². The van der Waals surface area contributed by atoms with Crippen molar-refractivity contribution in [1.29, 1.82) is 0 Å². The maximum absolute atomic E-state index is 13.2. The van der Waals surface area contributed by atoms with Crippen molar-refractivity contribution in [1.82, 2.24) is 15.6 Å². The summed E-state index contributed by atoms with van der Waals surface area (Å²) in [5.41, 5.74) is 2.44. The molecule has 2 aromatic rings. The first-order valence-electron chi connectivity index (χ1n) is 13.6. The van der Waals surface area contributed by atoms with Crippen molar-refractivity contribution >= 4 is 29.3 Å². The summed E-state index contributed by atoms with van der Waals surface area (Å²) in [6, 6.07) is 4.02. The van der Waals surface area contributed by atoms with Gasteiger partial charge in [-0.15, -0.1) is 11.8 Å². The molecule has 1 saturated heterocycles. The molecule has 3 aliphatic rings. The second-order valence-electron chi connectivity index (χ2n) is 11.7. The van der Waals surface area contributed by atoms with Gasteiger partial charge in [0, 0.05) is 64.7 Å². The van der Waals surface area contributed by atoms with E-state index in [-0.39, 0.29) is 29.3 Å². The van der Waals surface area contributed by atoms with E-state index >= 15 is 0 Å². The summed E-state index contributed by atoms with van der Waals surface area (Å²) in [6.07, 6.45) is 5.96. The number of carbonyl (C=O) groups is 1. The average molecular weight is 576 g/mol. The van der Waals surface area contributed by atoms with Gasteiger partial charge in [-0.05, 0) is 57.9 Å². The number of rotatable bonds is 8. The summed E-state index contributed by atoms with van der Waals surface area (Å²) in [6.45, 7) is 10.7. The molecule has 5 rings (SSSR count). The van der Waals surface area contributed by atoms with Crippen molar-refractivity contribution in [3.8, 4) is 11.5 Å². The van der Waals surface area contributed by atoms with Crippen LogP contribution in [0.5, 0.6) is 11.5 Å². The van der Waals surface area contributed by atoms with Crippen LogP contribution in [0.1, 0.15) is 66.7 Å². The van der Waals surface area contributed by atoms with Crippen LogP contribution >= 0.6 is 23.4 Å². The quantitative estimate of drug-likeness (QED) is 0.382. The van der Waals surface area contributed by atoms with E-state index in [4.69, 9.17) is 25.8 Å². The lowest BCUT2D eigenvalue weighted by Gasteiger charge is -2.41. The second-order valence-corrected chi connectivity index (χ2v) is 12.9. The lowest BCUT2D eigenvalue weighted by Crippen LogP contribution is -2.51. The number of H-pyrrole nitrogens is 1. The molecule has 3 heterocycles. The van der Waals surface area contributed by atoms with E-state index < -0.39 is 5.79 Å². The lowest BCUT2D eigenvalue weighted by molar-refractivity contribution is -0.123. The van der Waals surface area contributed by atoms with Crippen molar-refractivity contribution in [2.24, 2.45) is 11.3 Å². The van der Waals surface area contributed by atoms with Gasteiger partial charge in [0.1, 0.15) is 0 Å². The van der Waals surface area contributed by atoms with Gasteiger partial charge in [0.05, 0.1) is 18.2 Å². The van der Waals surface area contributed by atoms with Crippen molar-refractivity contribution < 1.29 is 19.0 Å². The molecule has 0 bridgehead atoms. The number of aryl methyl sites for hydroxylation is 1. The van der Waals surface area contributed by atoms with E-state index in [1.807, 2.05) is 33.1 Å². The van der Waals surface area contributed by atoms with E-state index in [1.54, 1.807) is 6.07 Å². The van der Waals surface area contributed by atoms with Gasteiger partial charge in [-0.2, -0.15) is 0 Å². The molecule has 8 nitrogen and oxygen atoms in total. The van der Waals surface area contributed by atoms with Crippen molar-refractivity contribution in [3.63, 3.8) is 0 Å². The van der Waals surface area contributed by atoms with E-state index in [2.05, 4.69) is 22.5 Å². The maximum atomic E-state index is 13.2. The van der Waals surface area contributed by atoms with Crippen LogP contribution in [0.25, 0.3) is 0 Å². The molecule has 1 saturated carbocycles. The summed E-state index contributed by atoms with van der Waals surface area (Å²) in [5, 5.41) is 6.96. The molecule has 2 fully saturated rings. The smallest absolute Gasteiger partial charge is 0.254 e. The van der Waals surface area contributed by atoms with Gasteiger partial charge < -0.3 is 29.8 Å². The number of hydrogen-bond donors (Lipinski definition) is 3. The summed E-state index contributed by atoms with van der Waals surface area (Å²) in [5.74, 6) is 0.0555. The summed E-state index contributed by atoms with van der Waals surface area (Å²) >= 11 is 8.10. The van der Waals surface area contributed by atoms with Crippen molar-refractivity contribution in [2.75, 3.05) is 26.0 Å². The highest BCUT2D eigenvalue weighted by Gasteiger charge is 2.47. The molecule has 0 radical (unpaired) electrons. The highest BCUT2D eigenvalue weighted by atomic mass is 35.5. The topological polar surface area (TPSA) is 102 Å². The van der Waals surface area contributed by atoms with Crippen LogP contribution in [0.4, 0.5) is 0 Å². The van der Waals surface area contributed by atoms with Gasteiger partial charge >= 0.3 is 0 Å². The van der Waals surface area contributed by atoms with Crippen LogP contribution in [0.3, 0.4) is 0 Å². The molecule has 1 atom stereocenters. The minimum Gasteiger partial charge on any atom is -0.448 e. The standard InChI is InChI=1S/C29H38ClN3O5S/c1-16-10-23(39-5)21(27(35)33-16)12-31-26(34)20-11-22(30)25-24(17(20)2)37-29(4,38-25)18-6-8-19(9-7-18)32-13-28(3)14-36-15-28/h10-11,18-19,32H,6-9,12-15H2,1-5H3,(H,31,34)(H,33,35)/t18?,19?,29-/m1/s1. The van der Waals surface area contributed by atoms with Crippen molar-refractivity contribution in [3.05, 3.63) is 49.9 Å². The predicted molar refractivity (Wildman–Crippen MR) is 153 cm³/mol. The Labute approximate surface area is 238 Å². The van der Waals surface area contributed by atoms with Gasteiger partial charge in [0.2, 0.25) is 0 Å². The number of nitrogens with one attached hydrogen (secondary N) is 3. The molecule has 1 amide bonds. The van der Waals surface area contributed by atoms with Crippen LogP contribution in [-0.4, -0.2) is 48.7 Å². The Morgan fingerprint density at radius 2 is 1.82 bits per heavy atom. The Morgan fingerprint density at radius 3 is 2.46 bits per heavy atom. The number of pyridine rings is 1. The Bertz CT molecular complexity index is 1320. The zero-order valence-electron chi connectivity index (χ0n) is 23.3. The minimum atomic E-state index is -0.840. The molecule has 2 aliphatic heterocycles. The van der Waals surface area contributed by atoms with Crippen LogP contribution in [0.15, 0.2) is 21.8 Å². The predicted octanol–water partition coefficient (Wildman–Crippen LogP) is 4.97. The molecule has 0 unspecified atom stereocenters. The first kappa shape index (κ1) is 28.3. The Balaban J connectivity index is 1.25. The zero-order chi connectivity index (χ0) is 27.9. The van der Waals surface area contributed by atoms with E-state index in [9.17, 15) is 9.59 Å². The van der Waals surface area contributed by atoms with Gasteiger partial charge in [0.25, 0.3) is 17.3 Å². The first-order valence-corrected chi connectivity index (χ1v) is 15.2. The summed E-state index contributed by atoms with van der Waals surface area (Å²) in [4.78, 5) is 29.4. The van der Waals surface area contributed by atoms with Gasteiger partial charge in [-0.1, -0.05) is 18.5 Å². The molecule has 0 spiro atoms. The first-order chi connectivity index (χ1) is 18.5. The Hall–Kier alpha value is -2.20. The third kappa shape index (κ3) is 5.69. The number of carbonyl (C=O) groups excluding carboxylic acids is 1. The summed E-state index contributed by atoms with van der Waals surface area (Å²) in [7, 11) is 0. The fraction of sp³-hybridized carbons (Fsp3) is 0.586. The van der Waals surface area contributed by atoms with Crippen LogP contribution in [-0.2, 0) is 11.3 Å². The normalized spacial score (nSPS) is 25.3. The van der Waals surface area contributed by atoms with Gasteiger partial charge in [0.15, 0.2) is 11.5 Å². The van der Waals surface area contributed by atoms with E-state index in [1.165, 1.54) is 11.8 Å². The molecular formula is C29H38ClN3O5S. The SMILES string of the molecule is CSc1cc(C)[nH]c(=O)c1CNC(=O)c1cc(Cl)c2c(c1C)O[C@@](C)(C1CCC(NCC3(C)COC3)CC1)O2. The average Bonchev–Trinajstić information content (AvgIpc) is 3.27. The number of halogens is 1. The van der Waals surface area contributed by atoms with Crippen LogP contribution in [0, 0.1) is 25.2 Å². The molecular weight excluding hydrogens is 538 g/mol.